The van der Waals surface area contributed by atoms with E-state index in [4.69, 9.17) is 15.7 Å². The highest BCUT2D eigenvalue weighted by Gasteiger charge is 2.25. The van der Waals surface area contributed by atoms with Gasteiger partial charge in [0, 0.05) is 25.7 Å². The molecule has 1 saturated heterocycles. The van der Waals surface area contributed by atoms with Crippen LogP contribution in [0.1, 0.15) is 12.5 Å². The van der Waals surface area contributed by atoms with Crippen molar-refractivity contribution in [2.24, 2.45) is 11.7 Å². The smallest absolute Gasteiger partial charge is 0.119 e. The average molecular weight is 245 g/mol. The van der Waals surface area contributed by atoms with Crippen molar-refractivity contribution in [2.75, 3.05) is 26.2 Å². The van der Waals surface area contributed by atoms with Gasteiger partial charge in [-0.15, -0.1) is 0 Å². The molecule has 2 rings (SSSR count). The second-order valence-electron chi connectivity index (χ2n) is 4.89. The van der Waals surface area contributed by atoms with Crippen LogP contribution < -0.4 is 10.5 Å². The molecule has 1 aromatic carbocycles. The van der Waals surface area contributed by atoms with E-state index in [1.165, 1.54) is 0 Å². The van der Waals surface area contributed by atoms with E-state index in [-0.39, 0.29) is 0 Å². The zero-order valence-electron chi connectivity index (χ0n) is 10.7. The normalized spacial score (nSPS) is 23.8. The summed E-state index contributed by atoms with van der Waals surface area (Å²) in [5.74, 6) is 1.38. The summed E-state index contributed by atoms with van der Waals surface area (Å²) in [6, 6.07) is 9.57. The Morgan fingerprint density at radius 3 is 2.67 bits per heavy atom. The molecule has 1 aliphatic rings. The molecule has 0 spiro atoms. The summed E-state index contributed by atoms with van der Waals surface area (Å²) in [7, 11) is 0. The van der Waals surface area contributed by atoms with Crippen molar-refractivity contribution in [1.82, 2.24) is 4.90 Å². The largest absolute Gasteiger partial charge is 0.492 e. The Bertz CT molecular complexity index is 414. The second kappa shape index (κ2) is 5.85. The van der Waals surface area contributed by atoms with Crippen molar-refractivity contribution < 1.29 is 4.74 Å². The monoisotopic (exact) mass is 245 g/mol. The van der Waals surface area contributed by atoms with Crippen molar-refractivity contribution in [2.45, 2.75) is 13.0 Å². The van der Waals surface area contributed by atoms with Crippen molar-refractivity contribution in [3.8, 4) is 11.8 Å². The van der Waals surface area contributed by atoms with Gasteiger partial charge in [0.1, 0.15) is 12.4 Å². The van der Waals surface area contributed by atoms with E-state index in [9.17, 15) is 0 Å². The van der Waals surface area contributed by atoms with Gasteiger partial charge in [0.15, 0.2) is 0 Å². The summed E-state index contributed by atoms with van der Waals surface area (Å²) in [6.07, 6.45) is 0. The van der Waals surface area contributed by atoms with E-state index in [1.54, 1.807) is 12.1 Å². The number of hydrogen-bond donors (Lipinski definition) is 1. The summed E-state index contributed by atoms with van der Waals surface area (Å²) in [6.45, 7) is 5.76. The molecule has 0 bridgehead atoms. The predicted octanol–water partition coefficient (Wildman–Crippen LogP) is 1.22. The third kappa shape index (κ3) is 3.22. The molecule has 18 heavy (non-hydrogen) atoms. The van der Waals surface area contributed by atoms with Crippen molar-refractivity contribution in [3.63, 3.8) is 0 Å². The quantitative estimate of drug-likeness (QED) is 0.866. The van der Waals surface area contributed by atoms with Gasteiger partial charge in [0.05, 0.1) is 11.6 Å². The minimum absolute atomic E-state index is 0.292. The number of benzene rings is 1. The first-order chi connectivity index (χ1) is 8.69. The van der Waals surface area contributed by atoms with Gasteiger partial charge in [0.2, 0.25) is 0 Å². The zero-order valence-corrected chi connectivity index (χ0v) is 10.7. The van der Waals surface area contributed by atoms with Gasteiger partial charge in [-0.25, -0.2) is 0 Å². The van der Waals surface area contributed by atoms with Crippen molar-refractivity contribution in [3.05, 3.63) is 29.8 Å². The minimum Gasteiger partial charge on any atom is -0.492 e. The van der Waals surface area contributed by atoms with Gasteiger partial charge in [-0.1, -0.05) is 6.92 Å². The summed E-state index contributed by atoms with van der Waals surface area (Å²) >= 11 is 0. The van der Waals surface area contributed by atoms with Crippen molar-refractivity contribution >= 4 is 0 Å². The maximum atomic E-state index is 8.69. The van der Waals surface area contributed by atoms with Crippen LogP contribution in [0.3, 0.4) is 0 Å². The van der Waals surface area contributed by atoms with Gasteiger partial charge in [-0.05, 0) is 30.2 Å². The van der Waals surface area contributed by atoms with E-state index in [1.807, 2.05) is 12.1 Å². The van der Waals surface area contributed by atoms with Crippen molar-refractivity contribution in [1.29, 1.82) is 5.26 Å². The average Bonchev–Trinajstić information content (AvgIpc) is 2.69. The Morgan fingerprint density at radius 1 is 1.39 bits per heavy atom. The molecule has 1 aliphatic heterocycles. The maximum Gasteiger partial charge on any atom is 0.119 e. The van der Waals surface area contributed by atoms with Crippen LogP contribution >= 0.6 is 0 Å². The Kier molecular flexibility index (Phi) is 4.19. The van der Waals surface area contributed by atoms with E-state index < -0.39 is 0 Å². The lowest BCUT2D eigenvalue weighted by Gasteiger charge is -2.15. The highest BCUT2D eigenvalue weighted by Crippen LogP contribution is 2.15. The first kappa shape index (κ1) is 12.9. The van der Waals surface area contributed by atoms with Crippen LogP contribution in [0, 0.1) is 17.2 Å². The number of nitrogens with two attached hydrogens (primary N) is 1. The summed E-state index contributed by atoms with van der Waals surface area (Å²) in [5, 5.41) is 8.69. The van der Waals surface area contributed by atoms with Crippen LogP contribution in [0.15, 0.2) is 24.3 Å². The van der Waals surface area contributed by atoms with Crippen LogP contribution in [-0.2, 0) is 0 Å². The molecule has 0 aromatic heterocycles. The molecule has 1 heterocycles. The Hall–Kier alpha value is -1.57. The summed E-state index contributed by atoms with van der Waals surface area (Å²) in [5.41, 5.74) is 6.62. The fraction of sp³-hybridized carbons (Fsp3) is 0.500. The molecule has 0 saturated carbocycles. The molecule has 1 fully saturated rings. The van der Waals surface area contributed by atoms with Gasteiger partial charge < -0.3 is 10.5 Å². The topological polar surface area (TPSA) is 62.3 Å². The lowest BCUT2D eigenvalue weighted by molar-refractivity contribution is 0.233. The molecule has 4 nitrogen and oxygen atoms in total. The summed E-state index contributed by atoms with van der Waals surface area (Å²) in [4.78, 5) is 2.33. The fourth-order valence-electron chi connectivity index (χ4n) is 2.20. The van der Waals surface area contributed by atoms with Crippen LogP contribution in [-0.4, -0.2) is 37.2 Å². The minimum atomic E-state index is 0.292. The van der Waals surface area contributed by atoms with E-state index in [2.05, 4.69) is 17.9 Å². The predicted molar refractivity (Wildman–Crippen MR) is 70.2 cm³/mol. The molecular weight excluding hydrogens is 226 g/mol. The standard InChI is InChI=1S/C14H19N3O/c1-11-9-17(10-14(11)16)6-7-18-13-4-2-12(8-15)3-5-13/h2-5,11,14H,6-7,9-10,16H2,1H3. The first-order valence-corrected chi connectivity index (χ1v) is 6.30. The number of nitriles is 1. The fourth-order valence-corrected chi connectivity index (χ4v) is 2.20. The third-order valence-electron chi connectivity index (χ3n) is 3.41. The molecular formula is C14H19N3O. The zero-order chi connectivity index (χ0) is 13.0. The number of likely N-dealkylation sites (tertiary alicyclic amines) is 1. The lowest BCUT2D eigenvalue weighted by Crippen LogP contribution is -2.30. The van der Waals surface area contributed by atoms with Gasteiger partial charge in [0.25, 0.3) is 0 Å². The molecule has 2 unspecified atom stereocenters. The summed E-state index contributed by atoms with van der Waals surface area (Å²) < 4.78 is 5.65. The van der Waals surface area contributed by atoms with E-state index >= 15 is 0 Å². The highest BCUT2D eigenvalue weighted by atomic mass is 16.5. The molecule has 4 heteroatoms. The Labute approximate surface area is 108 Å². The molecule has 2 N–H and O–H groups in total. The molecule has 0 aliphatic carbocycles. The molecule has 0 amide bonds. The molecule has 0 radical (unpaired) electrons. The van der Waals surface area contributed by atoms with Crippen LogP contribution in [0.4, 0.5) is 0 Å². The SMILES string of the molecule is CC1CN(CCOc2ccc(C#N)cc2)CC1N. The van der Waals surface area contributed by atoms with Gasteiger partial charge in [-0.2, -0.15) is 5.26 Å². The van der Waals surface area contributed by atoms with Crippen LogP contribution in [0.2, 0.25) is 0 Å². The molecule has 2 atom stereocenters. The molecule has 96 valence electrons. The number of rotatable bonds is 4. The maximum absolute atomic E-state index is 8.69. The molecule has 1 aromatic rings. The van der Waals surface area contributed by atoms with Crippen LogP contribution in [0.25, 0.3) is 0 Å². The Balaban J connectivity index is 1.74. The van der Waals surface area contributed by atoms with E-state index in [0.29, 0.717) is 24.1 Å². The highest BCUT2D eigenvalue weighted by molar-refractivity contribution is 5.34. The third-order valence-corrected chi connectivity index (χ3v) is 3.41. The Morgan fingerprint density at radius 2 is 2.11 bits per heavy atom. The first-order valence-electron chi connectivity index (χ1n) is 6.30. The lowest BCUT2D eigenvalue weighted by atomic mass is 10.1. The number of nitrogens with zero attached hydrogens (tertiary/aromatic N) is 2. The van der Waals surface area contributed by atoms with E-state index in [0.717, 1.165) is 25.4 Å². The second-order valence-corrected chi connectivity index (χ2v) is 4.89. The number of ether oxygens (including phenoxy) is 1. The number of hydrogen-bond acceptors (Lipinski definition) is 4. The van der Waals surface area contributed by atoms with Gasteiger partial charge in [-0.3, -0.25) is 4.90 Å². The van der Waals surface area contributed by atoms with Crippen LogP contribution in [0.5, 0.6) is 5.75 Å². The van der Waals surface area contributed by atoms with Gasteiger partial charge >= 0.3 is 0 Å².